The van der Waals surface area contributed by atoms with Crippen LogP contribution in [0.2, 0.25) is 0 Å². The van der Waals surface area contributed by atoms with Crippen molar-refractivity contribution in [3.8, 4) is 0 Å². The second-order valence-corrected chi connectivity index (χ2v) is 6.56. The van der Waals surface area contributed by atoms with E-state index in [4.69, 9.17) is 0 Å². The molecule has 2 bridgehead atoms. The van der Waals surface area contributed by atoms with Crippen molar-refractivity contribution in [2.24, 2.45) is 0 Å². The number of fused-ring (bicyclic) bond motifs is 5. The van der Waals surface area contributed by atoms with Crippen LogP contribution in [-0.2, 0) is 0 Å². The molecule has 2 aromatic rings. The molecule has 1 aliphatic heterocycles. The van der Waals surface area contributed by atoms with Crippen LogP contribution in [0.15, 0.2) is 42.5 Å². The summed E-state index contributed by atoms with van der Waals surface area (Å²) in [6.07, 6.45) is -0.0786. The van der Waals surface area contributed by atoms with E-state index >= 15 is 0 Å². The number of carbonyl (C=O) groups is 1. The van der Waals surface area contributed by atoms with E-state index in [0.29, 0.717) is 18.8 Å². The molecule has 1 saturated heterocycles. The first-order valence-corrected chi connectivity index (χ1v) is 8.15. The van der Waals surface area contributed by atoms with Gasteiger partial charge in [0.05, 0.1) is 4.92 Å². The van der Waals surface area contributed by atoms with Crippen molar-refractivity contribution in [3.63, 3.8) is 0 Å². The Morgan fingerprint density at radius 3 is 2.40 bits per heavy atom. The average Bonchev–Trinajstić information content (AvgIpc) is 2.84. The number of nitrogens with one attached hydrogen (secondary N) is 1. The molecule has 1 aliphatic carbocycles. The molecule has 2 unspecified atom stereocenters. The van der Waals surface area contributed by atoms with Gasteiger partial charge in [-0.05, 0) is 35.7 Å². The highest BCUT2D eigenvalue weighted by Gasteiger charge is 2.40. The number of hydrogen-bond acceptors (Lipinski definition) is 4. The summed E-state index contributed by atoms with van der Waals surface area (Å²) in [5, 5.41) is 23.9. The van der Waals surface area contributed by atoms with Gasteiger partial charge in [0.25, 0.3) is 5.69 Å². The van der Waals surface area contributed by atoms with Gasteiger partial charge >= 0.3 is 6.09 Å². The van der Waals surface area contributed by atoms with Gasteiger partial charge < -0.3 is 15.3 Å². The number of nitrogens with zero attached hydrogens (tertiary/aromatic N) is 2. The maximum absolute atomic E-state index is 11.5. The minimum Gasteiger partial charge on any atom is -0.465 e. The number of benzene rings is 2. The zero-order valence-electron chi connectivity index (χ0n) is 13.4. The highest BCUT2D eigenvalue weighted by Crippen LogP contribution is 2.49. The normalized spacial score (nSPS) is 20.9. The van der Waals surface area contributed by atoms with Gasteiger partial charge in [-0.1, -0.05) is 18.2 Å². The minimum absolute atomic E-state index is 0.0250. The number of nitro benzene ring substituents is 1. The molecule has 1 heterocycles. The molecule has 7 nitrogen and oxygen atoms in total. The Kier molecular flexibility index (Phi) is 3.56. The molecule has 0 radical (unpaired) electrons. The first-order chi connectivity index (χ1) is 12.0. The van der Waals surface area contributed by atoms with Crippen LogP contribution in [0.3, 0.4) is 0 Å². The van der Waals surface area contributed by atoms with Gasteiger partial charge in [0.2, 0.25) is 0 Å². The summed E-state index contributed by atoms with van der Waals surface area (Å²) in [5.74, 6) is 0.135. The number of nitro groups is 1. The van der Waals surface area contributed by atoms with Crippen LogP contribution < -0.4 is 5.32 Å². The summed E-state index contributed by atoms with van der Waals surface area (Å²) in [7, 11) is 0. The third-order valence-corrected chi connectivity index (χ3v) is 5.05. The molecule has 2 N–H and O–H groups in total. The first-order valence-electron chi connectivity index (χ1n) is 8.15. The Hall–Kier alpha value is -3.09. The zero-order valence-corrected chi connectivity index (χ0v) is 13.4. The van der Waals surface area contributed by atoms with Crippen LogP contribution in [0.1, 0.15) is 29.4 Å². The second kappa shape index (κ2) is 5.77. The maximum Gasteiger partial charge on any atom is 0.407 e. The molecule has 1 amide bonds. The topological polar surface area (TPSA) is 95.7 Å². The van der Waals surface area contributed by atoms with E-state index in [1.165, 1.54) is 4.90 Å². The predicted octanol–water partition coefficient (Wildman–Crippen LogP) is 3.90. The molecule has 0 aromatic heterocycles. The molecular formula is C18H17N3O4. The fourth-order valence-corrected chi connectivity index (χ4v) is 3.96. The highest BCUT2D eigenvalue weighted by atomic mass is 16.6. The lowest BCUT2D eigenvalue weighted by molar-refractivity contribution is -0.384. The maximum atomic E-state index is 11.5. The Balaban J connectivity index is 1.75. The van der Waals surface area contributed by atoms with Crippen molar-refractivity contribution in [2.75, 3.05) is 18.4 Å². The third kappa shape index (κ3) is 2.67. The second-order valence-electron chi connectivity index (χ2n) is 6.56. The van der Waals surface area contributed by atoms with Gasteiger partial charge in [0, 0.05) is 36.7 Å². The molecule has 4 rings (SSSR count). The van der Waals surface area contributed by atoms with E-state index in [9.17, 15) is 20.0 Å². The molecule has 2 aliphatic rings. The monoisotopic (exact) mass is 339 g/mol. The first kappa shape index (κ1) is 15.4. The van der Waals surface area contributed by atoms with Crippen LogP contribution in [0, 0.1) is 10.1 Å². The summed E-state index contributed by atoms with van der Waals surface area (Å²) in [4.78, 5) is 23.9. The van der Waals surface area contributed by atoms with E-state index in [-0.39, 0.29) is 22.4 Å². The quantitative estimate of drug-likeness (QED) is 0.653. The lowest BCUT2D eigenvalue weighted by Crippen LogP contribution is -2.38. The predicted molar refractivity (Wildman–Crippen MR) is 92.5 cm³/mol. The molecule has 128 valence electrons. The summed E-state index contributed by atoms with van der Waals surface area (Å²) in [5.41, 5.74) is 3.19. The minimum atomic E-state index is -0.931. The van der Waals surface area contributed by atoms with Crippen molar-refractivity contribution in [2.45, 2.75) is 18.3 Å². The fourth-order valence-electron chi connectivity index (χ4n) is 3.96. The van der Waals surface area contributed by atoms with Crippen molar-refractivity contribution < 1.29 is 14.8 Å². The number of anilines is 2. The lowest BCUT2D eigenvalue weighted by Gasteiger charge is -2.29. The summed E-state index contributed by atoms with van der Waals surface area (Å²) < 4.78 is 0. The summed E-state index contributed by atoms with van der Waals surface area (Å²) in [6, 6.07) is 12.8. The molecule has 2 aromatic carbocycles. The van der Waals surface area contributed by atoms with E-state index in [2.05, 4.69) is 5.32 Å². The largest absolute Gasteiger partial charge is 0.465 e. The number of para-hydroxylation sites is 1. The zero-order chi connectivity index (χ0) is 17.6. The van der Waals surface area contributed by atoms with Crippen LogP contribution in [-0.4, -0.2) is 34.1 Å². The number of carboxylic acid groups (broad SMARTS) is 1. The molecule has 2 atom stereocenters. The van der Waals surface area contributed by atoms with Crippen LogP contribution >= 0.6 is 0 Å². The van der Waals surface area contributed by atoms with Gasteiger partial charge in [-0.15, -0.1) is 0 Å². The average molecular weight is 339 g/mol. The fraction of sp³-hybridized carbons (Fsp3) is 0.278. The lowest BCUT2D eigenvalue weighted by atomic mass is 9.96. The van der Waals surface area contributed by atoms with Crippen molar-refractivity contribution in [1.29, 1.82) is 0 Å². The van der Waals surface area contributed by atoms with Gasteiger partial charge in [0.1, 0.15) is 5.69 Å². The Morgan fingerprint density at radius 1 is 1.16 bits per heavy atom. The standard InChI is InChI=1S/C18H17N3O4/c22-18(23)20-9-11-6-12(10-20)15-8-17(21(24)25)16(7-14(11)15)19-13-4-2-1-3-5-13/h1-5,7-8,11-12,19H,6,9-10H2,(H,22,23). The van der Waals surface area contributed by atoms with Crippen LogP contribution in [0.4, 0.5) is 21.9 Å². The van der Waals surface area contributed by atoms with E-state index < -0.39 is 6.09 Å². The Morgan fingerprint density at radius 2 is 1.80 bits per heavy atom. The van der Waals surface area contributed by atoms with Gasteiger partial charge in [-0.2, -0.15) is 0 Å². The number of hydrogen-bond donors (Lipinski definition) is 2. The smallest absolute Gasteiger partial charge is 0.407 e. The molecule has 7 heteroatoms. The summed E-state index contributed by atoms with van der Waals surface area (Å²) >= 11 is 0. The SMILES string of the molecule is O=C(O)N1CC2CC(C1)c1cc([N+](=O)[O-])c(Nc3ccccc3)cc12. The van der Waals surface area contributed by atoms with Gasteiger partial charge in [-0.3, -0.25) is 10.1 Å². The number of amides is 1. The van der Waals surface area contributed by atoms with E-state index in [0.717, 1.165) is 23.2 Å². The number of rotatable bonds is 3. The highest BCUT2D eigenvalue weighted by molar-refractivity contribution is 5.73. The Bertz CT molecular complexity index is 853. The Labute approximate surface area is 144 Å². The molecule has 1 fully saturated rings. The van der Waals surface area contributed by atoms with Crippen molar-refractivity contribution in [3.05, 3.63) is 63.7 Å². The molecule has 0 saturated carbocycles. The molecule has 25 heavy (non-hydrogen) atoms. The number of piperidine rings is 1. The molecular weight excluding hydrogens is 322 g/mol. The van der Waals surface area contributed by atoms with E-state index in [1.54, 1.807) is 6.07 Å². The van der Waals surface area contributed by atoms with E-state index in [1.807, 2.05) is 36.4 Å². The van der Waals surface area contributed by atoms with Crippen molar-refractivity contribution in [1.82, 2.24) is 4.90 Å². The van der Waals surface area contributed by atoms with Gasteiger partial charge in [0.15, 0.2) is 0 Å². The van der Waals surface area contributed by atoms with Gasteiger partial charge in [-0.25, -0.2) is 4.79 Å². The van der Waals surface area contributed by atoms with Crippen molar-refractivity contribution >= 4 is 23.2 Å². The van der Waals surface area contributed by atoms with Crippen LogP contribution in [0.5, 0.6) is 0 Å². The number of likely N-dealkylation sites (tertiary alicyclic amines) is 1. The van der Waals surface area contributed by atoms with Crippen LogP contribution in [0.25, 0.3) is 0 Å². The summed E-state index contributed by atoms with van der Waals surface area (Å²) in [6.45, 7) is 0.850. The molecule has 0 spiro atoms. The third-order valence-electron chi connectivity index (χ3n) is 5.05.